The largest absolute Gasteiger partial charge is 0.405 e. The summed E-state index contributed by atoms with van der Waals surface area (Å²) >= 11 is 0. The first kappa shape index (κ1) is 16.6. The number of nitrogens with zero attached hydrogens (tertiary/aromatic N) is 1. The van der Waals surface area contributed by atoms with Crippen LogP contribution in [-0.4, -0.2) is 8.07 Å². The summed E-state index contributed by atoms with van der Waals surface area (Å²) < 4.78 is 8.92. The highest BCUT2D eigenvalue weighted by Gasteiger charge is 2.62. The zero-order valence-corrected chi connectivity index (χ0v) is 18.1. The van der Waals surface area contributed by atoms with Gasteiger partial charge in [-0.2, -0.15) is 0 Å². The molecule has 0 bridgehead atoms. The molecule has 1 spiro atoms. The van der Waals surface area contributed by atoms with Gasteiger partial charge in [-0.25, -0.2) is 0 Å². The second-order valence-corrected chi connectivity index (χ2v) is 13.5. The first-order valence-electron chi connectivity index (χ1n) is 10.7. The number of pyridine rings is 1. The minimum atomic E-state index is -1.88. The molecule has 7 rings (SSSR count). The van der Waals surface area contributed by atoms with Crippen LogP contribution < -0.4 is 19.7 Å². The maximum absolute atomic E-state index is 6.52. The standard InChI is InChI=1S/C27H22NOSi/c1-30(2)22-13-7-10-19-17-18-9-3-4-11-20(18)27(25(19)22)26-21(12-8-14-23(26)30)29-24-15-5-6-16-28(24)27/h3-16H,17H2,1-2H3/q+1. The minimum absolute atomic E-state index is 0.371. The average molecular weight is 405 g/mol. The molecule has 1 unspecified atom stereocenters. The van der Waals surface area contributed by atoms with Crippen LogP contribution in [0, 0.1) is 0 Å². The van der Waals surface area contributed by atoms with E-state index in [1.165, 1.54) is 33.0 Å². The molecule has 144 valence electrons. The average Bonchev–Trinajstić information content (AvgIpc) is 2.77. The summed E-state index contributed by atoms with van der Waals surface area (Å²) in [6, 6.07) is 29.0. The molecule has 0 fully saturated rings. The molecule has 0 radical (unpaired) electrons. The predicted molar refractivity (Wildman–Crippen MR) is 121 cm³/mol. The molecule has 0 saturated carbocycles. The third-order valence-electron chi connectivity index (χ3n) is 7.43. The summed E-state index contributed by atoms with van der Waals surface area (Å²) in [6.07, 6.45) is 3.20. The van der Waals surface area contributed by atoms with Gasteiger partial charge in [-0.3, -0.25) is 0 Å². The van der Waals surface area contributed by atoms with Crippen LogP contribution in [0.4, 0.5) is 0 Å². The molecular formula is C27H22NOSi+. The van der Waals surface area contributed by atoms with Crippen molar-refractivity contribution in [1.82, 2.24) is 0 Å². The molecule has 3 aliphatic rings. The highest BCUT2D eigenvalue weighted by molar-refractivity contribution is 7.01. The molecule has 30 heavy (non-hydrogen) atoms. The van der Waals surface area contributed by atoms with Gasteiger partial charge < -0.3 is 4.74 Å². The smallest absolute Gasteiger partial charge is 0.374 e. The minimum Gasteiger partial charge on any atom is -0.405 e. The van der Waals surface area contributed by atoms with E-state index in [0.717, 1.165) is 18.1 Å². The number of ether oxygens (including phenoxy) is 1. The number of benzene rings is 3. The van der Waals surface area contributed by atoms with Crippen LogP contribution in [0.25, 0.3) is 0 Å². The molecule has 1 aliphatic carbocycles. The molecule has 2 aliphatic heterocycles. The van der Waals surface area contributed by atoms with E-state index in [1.807, 2.05) is 0 Å². The van der Waals surface area contributed by atoms with Gasteiger partial charge in [0.25, 0.3) is 5.54 Å². The Kier molecular flexibility index (Phi) is 2.93. The fourth-order valence-corrected chi connectivity index (χ4v) is 9.46. The van der Waals surface area contributed by atoms with E-state index in [1.54, 1.807) is 5.19 Å². The molecule has 4 aromatic rings. The van der Waals surface area contributed by atoms with E-state index >= 15 is 0 Å². The zero-order valence-electron chi connectivity index (χ0n) is 17.1. The third-order valence-corrected chi connectivity index (χ3v) is 11.0. The van der Waals surface area contributed by atoms with Gasteiger partial charge in [0, 0.05) is 17.2 Å². The highest BCUT2D eigenvalue weighted by atomic mass is 28.3. The van der Waals surface area contributed by atoms with Crippen molar-refractivity contribution in [3.8, 4) is 11.6 Å². The van der Waals surface area contributed by atoms with Gasteiger partial charge >= 0.3 is 5.88 Å². The van der Waals surface area contributed by atoms with Crippen LogP contribution in [0.1, 0.15) is 27.8 Å². The Hall–Kier alpha value is -3.17. The summed E-state index contributed by atoms with van der Waals surface area (Å²) in [6.45, 7) is 4.99. The predicted octanol–water partition coefficient (Wildman–Crippen LogP) is 3.96. The maximum atomic E-state index is 6.52. The van der Waals surface area contributed by atoms with Crippen LogP contribution >= 0.6 is 0 Å². The molecule has 0 amide bonds. The number of fused-ring (bicyclic) bond motifs is 2. The van der Waals surface area contributed by atoms with Crippen molar-refractivity contribution in [2.24, 2.45) is 0 Å². The molecule has 0 saturated heterocycles. The van der Waals surface area contributed by atoms with Gasteiger partial charge in [-0.15, -0.1) is 4.57 Å². The summed E-state index contributed by atoms with van der Waals surface area (Å²) in [4.78, 5) is 0. The molecule has 3 heteroatoms. The lowest BCUT2D eigenvalue weighted by Crippen LogP contribution is -2.73. The number of hydrogen-bond acceptors (Lipinski definition) is 1. The second-order valence-electron chi connectivity index (χ2n) is 9.20. The van der Waals surface area contributed by atoms with Crippen LogP contribution in [-0.2, 0) is 12.0 Å². The monoisotopic (exact) mass is 404 g/mol. The second kappa shape index (κ2) is 5.30. The number of hydrogen-bond donors (Lipinski definition) is 0. The van der Waals surface area contributed by atoms with Crippen LogP contribution in [0.2, 0.25) is 13.1 Å². The Balaban J connectivity index is 1.79. The SMILES string of the molecule is C[Si]1(C)c2cccc3c2C2(c4ccccc4C3)c3c(cccc31)Oc1cccc[n+]12. The highest BCUT2D eigenvalue weighted by Crippen LogP contribution is 2.51. The first-order chi connectivity index (χ1) is 14.6. The van der Waals surface area contributed by atoms with E-state index in [-0.39, 0.29) is 5.54 Å². The van der Waals surface area contributed by atoms with E-state index in [4.69, 9.17) is 4.74 Å². The lowest BCUT2D eigenvalue weighted by molar-refractivity contribution is -0.741. The lowest BCUT2D eigenvalue weighted by atomic mass is 9.67. The Bertz CT molecular complexity index is 1280. The number of aromatic nitrogens is 1. The summed E-state index contributed by atoms with van der Waals surface area (Å²) in [7, 11) is -1.88. The van der Waals surface area contributed by atoms with Crippen LogP contribution in [0.3, 0.4) is 0 Å². The van der Waals surface area contributed by atoms with Gasteiger partial charge in [0.2, 0.25) is 0 Å². The van der Waals surface area contributed by atoms with E-state index in [2.05, 4.69) is 103 Å². The Labute approximate surface area is 177 Å². The summed E-state index contributed by atoms with van der Waals surface area (Å²) in [5.74, 6) is 1.91. The van der Waals surface area contributed by atoms with Crippen molar-refractivity contribution in [3.05, 3.63) is 113 Å². The van der Waals surface area contributed by atoms with Gasteiger partial charge in [0.1, 0.15) is 13.8 Å². The maximum Gasteiger partial charge on any atom is 0.374 e. The molecule has 1 atom stereocenters. The fourth-order valence-electron chi connectivity index (χ4n) is 6.25. The molecular weight excluding hydrogens is 382 g/mol. The van der Waals surface area contributed by atoms with Gasteiger partial charge in [0.05, 0.1) is 11.6 Å². The van der Waals surface area contributed by atoms with Crippen molar-refractivity contribution < 1.29 is 9.30 Å². The van der Waals surface area contributed by atoms with Crippen molar-refractivity contribution in [2.45, 2.75) is 25.1 Å². The fraction of sp³-hybridized carbons (Fsp3) is 0.148. The molecule has 0 N–H and O–H groups in total. The van der Waals surface area contributed by atoms with Crippen molar-refractivity contribution in [3.63, 3.8) is 0 Å². The molecule has 3 aromatic carbocycles. The summed E-state index contributed by atoms with van der Waals surface area (Å²) in [5.41, 5.74) is 6.75. The summed E-state index contributed by atoms with van der Waals surface area (Å²) in [5, 5.41) is 3.05. The zero-order chi connectivity index (χ0) is 20.1. The topological polar surface area (TPSA) is 13.1 Å². The Morgan fingerprint density at radius 1 is 0.767 bits per heavy atom. The van der Waals surface area contributed by atoms with Crippen molar-refractivity contribution in [1.29, 1.82) is 0 Å². The normalized spacial score (nSPS) is 20.9. The number of rotatable bonds is 0. The third kappa shape index (κ3) is 1.71. The molecule has 1 aromatic heterocycles. The van der Waals surface area contributed by atoms with Crippen molar-refractivity contribution in [2.75, 3.05) is 0 Å². The molecule has 2 nitrogen and oxygen atoms in total. The van der Waals surface area contributed by atoms with Crippen LogP contribution in [0.15, 0.2) is 85.1 Å². The van der Waals surface area contributed by atoms with Crippen LogP contribution in [0.5, 0.6) is 11.6 Å². The quantitative estimate of drug-likeness (QED) is 0.276. The van der Waals surface area contributed by atoms with E-state index in [9.17, 15) is 0 Å². The van der Waals surface area contributed by atoms with Crippen molar-refractivity contribution >= 4 is 18.4 Å². The molecule has 3 heterocycles. The van der Waals surface area contributed by atoms with E-state index in [0.29, 0.717) is 0 Å². The van der Waals surface area contributed by atoms with Gasteiger partial charge in [0.15, 0.2) is 6.20 Å². The Morgan fingerprint density at radius 3 is 2.40 bits per heavy atom. The van der Waals surface area contributed by atoms with Gasteiger partial charge in [-0.05, 0) is 40.1 Å². The first-order valence-corrected chi connectivity index (χ1v) is 13.7. The Morgan fingerprint density at radius 2 is 1.50 bits per heavy atom. The van der Waals surface area contributed by atoms with E-state index < -0.39 is 8.07 Å². The lowest BCUT2D eigenvalue weighted by Gasteiger charge is -2.48. The van der Waals surface area contributed by atoms with Gasteiger partial charge in [-0.1, -0.05) is 67.7 Å².